The first-order chi connectivity index (χ1) is 17.9. The number of piperidine rings is 1. The molecule has 12 heteroatoms. The third kappa shape index (κ3) is 6.12. The molecule has 38 heavy (non-hydrogen) atoms. The van der Waals surface area contributed by atoms with Crippen LogP contribution in [-0.4, -0.2) is 43.7 Å². The Morgan fingerprint density at radius 3 is 2.45 bits per heavy atom. The number of nitrogens with zero attached hydrogens (tertiary/aromatic N) is 1. The van der Waals surface area contributed by atoms with Gasteiger partial charge in [-0.3, -0.25) is 9.69 Å². The highest BCUT2D eigenvalue weighted by Gasteiger charge is 2.38. The van der Waals surface area contributed by atoms with Crippen LogP contribution in [0.4, 0.5) is 22.0 Å². The molecule has 0 radical (unpaired) electrons. The van der Waals surface area contributed by atoms with E-state index in [0.29, 0.717) is 43.9 Å². The normalized spacial score (nSPS) is 20.8. The Hall–Kier alpha value is -2.73. The van der Waals surface area contributed by atoms with E-state index in [4.69, 9.17) is 4.74 Å². The van der Waals surface area contributed by atoms with Gasteiger partial charge >= 0.3 is 6.18 Å². The summed E-state index contributed by atoms with van der Waals surface area (Å²) in [6, 6.07) is 5.06. The van der Waals surface area contributed by atoms with Crippen LogP contribution >= 0.6 is 0 Å². The van der Waals surface area contributed by atoms with Crippen molar-refractivity contribution >= 4 is 15.9 Å². The first kappa shape index (κ1) is 26.9. The van der Waals surface area contributed by atoms with Crippen molar-refractivity contribution in [3.05, 3.63) is 64.2 Å². The second-order valence-electron chi connectivity index (χ2n) is 10.2. The van der Waals surface area contributed by atoms with Gasteiger partial charge in [-0.05, 0) is 80.3 Å². The summed E-state index contributed by atoms with van der Waals surface area (Å²) in [6.45, 7) is 0.753. The molecule has 0 bridgehead atoms. The average Bonchev–Trinajstić information content (AvgIpc) is 3.73. The zero-order valence-electron chi connectivity index (χ0n) is 20.4. The van der Waals surface area contributed by atoms with Gasteiger partial charge in [0.05, 0.1) is 16.4 Å². The van der Waals surface area contributed by atoms with Crippen LogP contribution in [0.1, 0.15) is 71.5 Å². The highest BCUT2D eigenvalue weighted by molar-refractivity contribution is 7.91. The smallest absolute Gasteiger partial charge is 0.416 e. The lowest BCUT2D eigenvalue weighted by Crippen LogP contribution is -2.41. The van der Waals surface area contributed by atoms with Crippen LogP contribution in [0.15, 0.2) is 30.3 Å². The van der Waals surface area contributed by atoms with Crippen LogP contribution < -0.4 is 9.46 Å². The first-order valence-electron chi connectivity index (χ1n) is 12.5. The van der Waals surface area contributed by atoms with E-state index in [-0.39, 0.29) is 35.9 Å². The Morgan fingerprint density at radius 2 is 1.79 bits per heavy atom. The summed E-state index contributed by atoms with van der Waals surface area (Å²) in [5.41, 5.74) is -0.822. The fourth-order valence-corrected chi connectivity index (χ4v) is 6.12. The van der Waals surface area contributed by atoms with Crippen molar-refractivity contribution in [2.45, 2.75) is 68.5 Å². The number of carbonyl (C=O) groups is 1. The van der Waals surface area contributed by atoms with Crippen LogP contribution in [0.3, 0.4) is 0 Å². The number of ether oxygens (including phenoxy) is 1. The van der Waals surface area contributed by atoms with Gasteiger partial charge in [0, 0.05) is 19.2 Å². The van der Waals surface area contributed by atoms with Gasteiger partial charge in [0.1, 0.15) is 23.5 Å². The Balaban J connectivity index is 1.31. The predicted octanol–water partition coefficient (Wildman–Crippen LogP) is 5.13. The van der Waals surface area contributed by atoms with Crippen molar-refractivity contribution in [1.29, 1.82) is 0 Å². The summed E-state index contributed by atoms with van der Waals surface area (Å²) in [5.74, 6) is -2.60. The summed E-state index contributed by atoms with van der Waals surface area (Å²) in [7, 11) is -3.84. The zero-order chi connectivity index (χ0) is 27.2. The highest BCUT2D eigenvalue weighted by Crippen LogP contribution is 2.45. The van der Waals surface area contributed by atoms with Gasteiger partial charge in [-0.1, -0.05) is 6.07 Å². The second-order valence-corrected chi connectivity index (χ2v) is 12.2. The number of benzene rings is 2. The molecule has 1 atom stereocenters. The van der Waals surface area contributed by atoms with E-state index in [1.807, 2.05) is 4.72 Å². The van der Waals surface area contributed by atoms with Crippen molar-refractivity contribution in [2.24, 2.45) is 0 Å². The van der Waals surface area contributed by atoms with E-state index in [9.17, 15) is 35.2 Å². The SMILES string of the molecule is O=C(NS(=O)(=O)C1CC1)c1cc(C2CC2)c(O[C@@H]2CCCN(Cc3ccc(F)cc3C(F)(F)F)C2)cc1F. The van der Waals surface area contributed by atoms with E-state index in [1.54, 1.807) is 4.90 Å². The quantitative estimate of drug-likeness (QED) is 0.455. The molecule has 0 unspecified atom stereocenters. The second kappa shape index (κ2) is 10.1. The lowest BCUT2D eigenvalue weighted by Gasteiger charge is -2.34. The molecule has 2 aromatic carbocycles. The average molecular weight is 559 g/mol. The number of halogens is 5. The summed E-state index contributed by atoms with van der Waals surface area (Å²) in [6.07, 6.45) is -1.36. The summed E-state index contributed by atoms with van der Waals surface area (Å²) in [5, 5.41) is -0.628. The maximum atomic E-state index is 15.0. The molecule has 1 heterocycles. The summed E-state index contributed by atoms with van der Waals surface area (Å²) in [4.78, 5) is 14.4. The summed E-state index contributed by atoms with van der Waals surface area (Å²) >= 11 is 0. The number of sulfonamides is 1. The molecule has 6 nitrogen and oxygen atoms in total. The lowest BCUT2D eigenvalue weighted by molar-refractivity contribution is -0.138. The number of carbonyl (C=O) groups excluding carboxylic acids is 1. The van der Waals surface area contributed by atoms with Gasteiger partial charge in [-0.15, -0.1) is 0 Å². The fourth-order valence-electron chi connectivity index (χ4n) is 4.83. The van der Waals surface area contributed by atoms with Gasteiger partial charge in [0.15, 0.2) is 0 Å². The minimum Gasteiger partial charge on any atom is -0.489 e. The molecule has 0 spiro atoms. The van der Waals surface area contributed by atoms with Crippen molar-refractivity contribution in [1.82, 2.24) is 9.62 Å². The van der Waals surface area contributed by atoms with Crippen molar-refractivity contribution in [2.75, 3.05) is 13.1 Å². The fraction of sp³-hybridized carbons (Fsp3) is 0.500. The molecule has 3 aliphatic rings. The Bertz CT molecular complexity index is 1340. The third-order valence-corrected chi connectivity index (χ3v) is 8.91. The number of nitrogens with one attached hydrogen (secondary N) is 1. The molecule has 2 aliphatic carbocycles. The molecule has 206 valence electrons. The first-order valence-corrected chi connectivity index (χ1v) is 14.1. The number of amides is 1. The minimum absolute atomic E-state index is 0.0409. The van der Waals surface area contributed by atoms with Crippen LogP contribution in [0.5, 0.6) is 5.75 Å². The Kier molecular flexibility index (Phi) is 7.14. The van der Waals surface area contributed by atoms with E-state index < -0.39 is 50.7 Å². The molecule has 0 aromatic heterocycles. The third-order valence-electron chi connectivity index (χ3n) is 7.09. The Morgan fingerprint density at radius 1 is 1.05 bits per heavy atom. The van der Waals surface area contributed by atoms with Crippen LogP contribution in [-0.2, 0) is 22.7 Å². The predicted molar refractivity (Wildman–Crippen MR) is 128 cm³/mol. The molecule has 5 rings (SSSR count). The van der Waals surface area contributed by atoms with E-state index >= 15 is 0 Å². The van der Waals surface area contributed by atoms with Crippen molar-refractivity contribution in [3.8, 4) is 5.75 Å². The molecule has 3 fully saturated rings. The molecule has 1 saturated heterocycles. The number of hydrogen-bond donors (Lipinski definition) is 1. The van der Waals surface area contributed by atoms with Gasteiger partial charge in [0.2, 0.25) is 10.0 Å². The molecular formula is C26H27F5N2O4S. The number of rotatable bonds is 8. The Labute approximate surface area is 217 Å². The van der Waals surface area contributed by atoms with Crippen molar-refractivity contribution < 1.29 is 39.9 Å². The standard InChI is InChI=1S/C26H27F5N2O4S/c27-17-6-5-16(22(10-17)26(29,30)31)13-33-9-1-2-18(14-33)37-24-12-23(28)21(11-20(24)15-3-4-15)25(34)32-38(35,36)19-7-8-19/h5-6,10-12,15,18-19H,1-4,7-9,13-14H2,(H,32,34)/t18-/m1/s1. The van der Waals surface area contributed by atoms with E-state index in [2.05, 4.69) is 0 Å². The van der Waals surface area contributed by atoms with Gasteiger partial charge < -0.3 is 4.74 Å². The van der Waals surface area contributed by atoms with E-state index in [1.165, 1.54) is 6.07 Å². The van der Waals surface area contributed by atoms with Crippen molar-refractivity contribution in [3.63, 3.8) is 0 Å². The van der Waals surface area contributed by atoms with Gasteiger partial charge in [-0.2, -0.15) is 13.2 Å². The molecule has 1 amide bonds. The number of likely N-dealkylation sites (tertiary alicyclic amines) is 1. The van der Waals surface area contributed by atoms with Gasteiger partial charge in [-0.25, -0.2) is 21.9 Å². The summed E-state index contributed by atoms with van der Waals surface area (Å²) < 4.78 is 101. The largest absolute Gasteiger partial charge is 0.489 e. The van der Waals surface area contributed by atoms with Crippen LogP contribution in [0.2, 0.25) is 0 Å². The molecule has 2 saturated carbocycles. The zero-order valence-corrected chi connectivity index (χ0v) is 21.2. The highest BCUT2D eigenvalue weighted by atomic mass is 32.2. The number of hydrogen-bond acceptors (Lipinski definition) is 5. The van der Waals surface area contributed by atoms with Crippen LogP contribution in [0, 0.1) is 11.6 Å². The van der Waals surface area contributed by atoms with Crippen LogP contribution in [0.25, 0.3) is 0 Å². The molecule has 1 N–H and O–H groups in total. The monoisotopic (exact) mass is 558 g/mol. The molecular weight excluding hydrogens is 531 g/mol. The lowest BCUT2D eigenvalue weighted by atomic mass is 10.0. The molecule has 2 aromatic rings. The maximum Gasteiger partial charge on any atom is 0.416 e. The van der Waals surface area contributed by atoms with Gasteiger partial charge in [0.25, 0.3) is 5.91 Å². The topological polar surface area (TPSA) is 75.7 Å². The number of alkyl halides is 3. The minimum atomic E-state index is -4.69. The molecule has 1 aliphatic heterocycles. The van der Waals surface area contributed by atoms with E-state index in [0.717, 1.165) is 31.0 Å². The maximum absolute atomic E-state index is 15.0.